The molecule has 1 aromatic carbocycles. The summed E-state index contributed by atoms with van der Waals surface area (Å²) in [5, 5.41) is 6.87. The van der Waals surface area contributed by atoms with Gasteiger partial charge in [-0.1, -0.05) is 49.0 Å². The van der Waals surface area contributed by atoms with Gasteiger partial charge in [0.15, 0.2) is 5.11 Å². The van der Waals surface area contributed by atoms with E-state index >= 15 is 0 Å². The van der Waals surface area contributed by atoms with E-state index in [9.17, 15) is 4.79 Å². The van der Waals surface area contributed by atoms with Crippen LogP contribution in [-0.4, -0.2) is 16.0 Å². The molecule has 0 aliphatic carbocycles. The predicted molar refractivity (Wildman–Crippen MR) is 83.9 cm³/mol. The van der Waals surface area contributed by atoms with E-state index in [1.165, 1.54) is 11.8 Å². The van der Waals surface area contributed by atoms with Gasteiger partial charge in [0.2, 0.25) is 5.12 Å². The van der Waals surface area contributed by atoms with Gasteiger partial charge in [0.1, 0.15) is 0 Å². The molecule has 2 rings (SSSR count). The van der Waals surface area contributed by atoms with Gasteiger partial charge in [-0.05, 0) is 30.5 Å². The smallest absolute Gasteiger partial charge is 0.219 e. The summed E-state index contributed by atoms with van der Waals surface area (Å²) in [6.45, 7) is 3.87. The van der Waals surface area contributed by atoms with Crippen LogP contribution >= 0.6 is 24.0 Å². The van der Waals surface area contributed by atoms with Crippen LogP contribution in [0.1, 0.15) is 25.5 Å². The van der Waals surface area contributed by atoms with Gasteiger partial charge in [-0.25, -0.2) is 0 Å². The van der Waals surface area contributed by atoms with Crippen molar-refractivity contribution in [2.45, 2.75) is 19.9 Å². The number of nitrogens with one attached hydrogen (secondary N) is 2. The lowest BCUT2D eigenvalue weighted by molar-refractivity contribution is -0.108. The van der Waals surface area contributed by atoms with Gasteiger partial charge >= 0.3 is 0 Å². The van der Waals surface area contributed by atoms with Crippen LogP contribution in [-0.2, 0) is 4.79 Å². The summed E-state index contributed by atoms with van der Waals surface area (Å²) in [5.74, 6) is 0.765. The van der Waals surface area contributed by atoms with Crippen molar-refractivity contribution in [1.82, 2.24) is 10.6 Å². The quantitative estimate of drug-likeness (QED) is 0.839. The van der Waals surface area contributed by atoms with Crippen molar-refractivity contribution in [2.24, 2.45) is 0 Å². The maximum absolute atomic E-state index is 12.3. The van der Waals surface area contributed by atoms with Crippen molar-refractivity contribution >= 4 is 34.2 Å². The number of hydrogen-bond acceptors (Lipinski definition) is 3. The van der Waals surface area contributed by atoms with Crippen molar-refractivity contribution in [3.05, 3.63) is 47.2 Å². The number of carbonyl (C=O) groups is 1. The standard InChI is InChI=1S/C14H16N2OS2/c1-3-19-13(17)11-9(2)15-14(18)16-12(11)10-7-5-4-6-8-10/h4-8,12H,3H2,1-2H3,(H2,15,16,18). The van der Waals surface area contributed by atoms with E-state index in [0.717, 1.165) is 22.6 Å². The monoisotopic (exact) mass is 292 g/mol. The number of allylic oxidation sites excluding steroid dienone is 1. The Kier molecular flexibility index (Phi) is 4.61. The third kappa shape index (κ3) is 3.16. The zero-order valence-electron chi connectivity index (χ0n) is 10.9. The second-order valence-electron chi connectivity index (χ2n) is 4.20. The summed E-state index contributed by atoms with van der Waals surface area (Å²) in [6, 6.07) is 9.73. The fourth-order valence-electron chi connectivity index (χ4n) is 2.07. The molecule has 0 bridgehead atoms. The largest absolute Gasteiger partial charge is 0.351 e. The highest BCUT2D eigenvalue weighted by atomic mass is 32.2. The van der Waals surface area contributed by atoms with Crippen molar-refractivity contribution in [1.29, 1.82) is 0 Å². The van der Waals surface area contributed by atoms with Crippen LogP contribution in [0.25, 0.3) is 0 Å². The fourth-order valence-corrected chi connectivity index (χ4v) is 3.03. The van der Waals surface area contributed by atoms with E-state index < -0.39 is 0 Å². The van der Waals surface area contributed by atoms with Gasteiger partial charge in [-0.15, -0.1) is 0 Å². The normalized spacial score (nSPS) is 18.8. The number of thioether (sulfide) groups is 1. The van der Waals surface area contributed by atoms with Crippen LogP contribution in [0.5, 0.6) is 0 Å². The topological polar surface area (TPSA) is 41.1 Å². The molecule has 1 aliphatic heterocycles. The highest BCUT2D eigenvalue weighted by Crippen LogP contribution is 2.30. The zero-order chi connectivity index (χ0) is 13.8. The van der Waals surface area contributed by atoms with Crippen LogP contribution in [0.2, 0.25) is 0 Å². The Morgan fingerprint density at radius 2 is 2.05 bits per heavy atom. The molecule has 19 heavy (non-hydrogen) atoms. The Hall–Kier alpha value is -1.33. The molecule has 0 aromatic heterocycles. The summed E-state index contributed by atoms with van der Waals surface area (Å²) in [5.41, 5.74) is 2.64. The van der Waals surface area contributed by atoms with Crippen LogP contribution in [0.3, 0.4) is 0 Å². The Bertz CT molecular complexity index is 526. The Labute approximate surface area is 122 Å². The molecule has 3 nitrogen and oxygen atoms in total. The molecule has 5 heteroatoms. The summed E-state index contributed by atoms with van der Waals surface area (Å²) in [7, 11) is 0. The molecule has 1 aliphatic rings. The fraction of sp³-hybridized carbons (Fsp3) is 0.286. The van der Waals surface area contributed by atoms with Gasteiger partial charge in [0, 0.05) is 5.70 Å². The van der Waals surface area contributed by atoms with Crippen LogP contribution in [0.15, 0.2) is 41.6 Å². The molecule has 0 amide bonds. The molecular weight excluding hydrogens is 276 g/mol. The van der Waals surface area contributed by atoms with E-state index in [0.29, 0.717) is 5.11 Å². The first-order valence-corrected chi connectivity index (χ1v) is 7.53. The second-order valence-corrected chi connectivity index (χ2v) is 5.85. The van der Waals surface area contributed by atoms with Crippen molar-refractivity contribution in [3.63, 3.8) is 0 Å². The average Bonchev–Trinajstić information content (AvgIpc) is 2.39. The van der Waals surface area contributed by atoms with Crippen molar-refractivity contribution in [3.8, 4) is 0 Å². The highest BCUT2D eigenvalue weighted by molar-refractivity contribution is 8.14. The predicted octanol–water partition coefficient (Wildman–Crippen LogP) is 2.76. The number of carbonyl (C=O) groups excluding carboxylic acids is 1. The molecule has 0 saturated carbocycles. The molecule has 2 N–H and O–H groups in total. The van der Waals surface area contributed by atoms with E-state index in [2.05, 4.69) is 10.6 Å². The number of rotatable bonds is 3. The van der Waals surface area contributed by atoms with E-state index in [4.69, 9.17) is 12.2 Å². The van der Waals surface area contributed by atoms with Gasteiger partial charge in [-0.3, -0.25) is 4.79 Å². The number of benzene rings is 1. The van der Waals surface area contributed by atoms with Gasteiger partial charge in [0.05, 0.1) is 11.6 Å². The lowest BCUT2D eigenvalue weighted by Crippen LogP contribution is -2.44. The molecule has 1 unspecified atom stereocenters. The van der Waals surface area contributed by atoms with E-state index in [1.54, 1.807) is 0 Å². The van der Waals surface area contributed by atoms with E-state index in [1.807, 2.05) is 44.2 Å². The van der Waals surface area contributed by atoms with Gasteiger partial charge in [-0.2, -0.15) is 0 Å². The summed E-state index contributed by atoms with van der Waals surface area (Å²) in [4.78, 5) is 12.3. The molecule has 0 radical (unpaired) electrons. The second kappa shape index (κ2) is 6.21. The molecule has 1 aromatic rings. The zero-order valence-corrected chi connectivity index (χ0v) is 12.5. The lowest BCUT2D eigenvalue weighted by atomic mass is 9.97. The molecule has 0 spiro atoms. The highest BCUT2D eigenvalue weighted by Gasteiger charge is 2.29. The first kappa shape index (κ1) is 14.1. The minimum Gasteiger partial charge on any atom is -0.351 e. The summed E-state index contributed by atoms with van der Waals surface area (Å²) in [6.07, 6.45) is 0. The maximum atomic E-state index is 12.3. The average molecular weight is 292 g/mol. The number of hydrogen-bond donors (Lipinski definition) is 2. The van der Waals surface area contributed by atoms with E-state index in [-0.39, 0.29) is 11.2 Å². The molecule has 1 heterocycles. The maximum Gasteiger partial charge on any atom is 0.219 e. The lowest BCUT2D eigenvalue weighted by Gasteiger charge is -2.30. The number of thiocarbonyl (C=S) groups is 1. The Morgan fingerprint density at radius 1 is 1.37 bits per heavy atom. The van der Waals surface area contributed by atoms with Crippen LogP contribution in [0, 0.1) is 0 Å². The third-order valence-electron chi connectivity index (χ3n) is 2.90. The van der Waals surface area contributed by atoms with Crippen LogP contribution < -0.4 is 10.6 Å². The minimum atomic E-state index is -0.165. The van der Waals surface area contributed by atoms with Gasteiger partial charge in [0.25, 0.3) is 0 Å². The van der Waals surface area contributed by atoms with Crippen molar-refractivity contribution < 1.29 is 4.79 Å². The summed E-state index contributed by atoms with van der Waals surface area (Å²) < 4.78 is 0. The molecule has 1 atom stereocenters. The first-order valence-electron chi connectivity index (χ1n) is 6.13. The third-order valence-corrected chi connectivity index (χ3v) is 3.89. The van der Waals surface area contributed by atoms with Gasteiger partial charge < -0.3 is 10.6 Å². The molecular formula is C14H16N2OS2. The van der Waals surface area contributed by atoms with Crippen LogP contribution in [0.4, 0.5) is 0 Å². The summed E-state index contributed by atoms with van der Waals surface area (Å²) >= 11 is 6.51. The van der Waals surface area contributed by atoms with Crippen molar-refractivity contribution in [2.75, 3.05) is 5.75 Å². The first-order chi connectivity index (χ1) is 9.13. The molecule has 0 fully saturated rings. The SMILES string of the molecule is CCSC(=O)C1=C(C)NC(=S)NC1c1ccccc1. The molecule has 100 valence electrons. The Morgan fingerprint density at radius 3 is 2.68 bits per heavy atom. The Balaban J connectivity index is 2.41. The molecule has 0 saturated heterocycles. The minimum absolute atomic E-state index is 0.0938.